The first kappa shape index (κ1) is 26.8. The molecule has 39 heavy (non-hydrogen) atoms. The van der Waals surface area contributed by atoms with Crippen molar-refractivity contribution in [1.29, 1.82) is 0 Å². The van der Waals surface area contributed by atoms with E-state index in [4.69, 9.17) is 0 Å². The maximum Gasteiger partial charge on any atom is 0.416 e. The van der Waals surface area contributed by atoms with E-state index in [-0.39, 0.29) is 34.7 Å². The molecule has 0 aliphatic carbocycles. The van der Waals surface area contributed by atoms with Crippen LogP contribution in [0.4, 0.5) is 13.2 Å². The van der Waals surface area contributed by atoms with E-state index in [1.165, 1.54) is 12.1 Å². The third-order valence-electron chi connectivity index (χ3n) is 6.83. The summed E-state index contributed by atoms with van der Waals surface area (Å²) in [5.41, 5.74) is -0.509. The second-order valence-corrected chi connectivity index (χ2v) is 10.5. The van der Waals surface area contributed by atoms with E-state index in [2.05, 4.69) is 0 Å². The first-order chi connectivity index (χ1) is 18.6. The Bertz CT molecular complexity index is 1630. The molecule has 2 N–H and O–H groups in total. The lowest BCUT2D eigenvalue weighted by molar-refractivity contribution is -0.141. The van der Waals surface area contributed by atoms with Crippen LogP contribution in [0.25, 0.3) is 21.9 Å². The normalized spacial score (nSPS) is 15.8. The first-order valence-electron chi connectivity index (χ1n) is 12.4. The van der Waals surface area contributed by atoms with Gasteiger partial charge in [0.1, 0.15) is 11.1 Å². The molecule has 0 radical (unpaired) electrons. The molecule has 1 aromatic heterocycles. The monoisotopic (exact) mass is 554 g/mol. The molecule has 3 aromatic carbocycles. The Kier molecular flexibility index (Phi) is 7.17. The van der Waals surface area contributed by atoms with Gasteiger partial charge in [-0.15, -0.1) is 0 Å². The quantitative estimate of drug-likeness (QED) is 0.271. The summed E-state index contributed by atoms with van der Waals surface area (Å²) in [6.07, 6.45) is -3.87. The van der Waals surface area contributed by atoms with E-state index in [1.807, 2.05) is 49.4 Å². The zero-order chi connectivity index (χ0) is 27.9. The fourth-order valence-corrected chi connectivity index (χ4v) is 6.41. The highest BCUT2D eigenvalue weighted by molar-refractivity contribution is 7.97. The van der Waals surface area contributed by atoms with Crippen LogP contribution in [0, 0.1) is 0 Å². The molecule has 202 valence electrons. The summed E-state index contributed by atoms with van der Waals surface area (Å²) < 4.78 is 44.0. The minimum absolute atomic E-state index is 0.00485. The number of carboxylic acid groups (broad SMARTS) is 1. The minimum atomic E-state index is -4.62. The van der Waals surface area contributed by atoms with Crippen LogP contribution in [0.1, 0.15) is 36.1 Å². The van der Waals surface area contributed by atoms with Gasteiger partial charge in [0.2, 0.25) is 0 Å². The van der Waals surface area contributed by atoms with Crippen molar-refractivity contribution in [2.75, 3.05) is 13.1 Å². The number of hydrogen-bond donors (Lipinski definition) is 2. The molecule has 0 saturated heterocycles. The summed E-state index contributed by atoms with van der Waals surface area (Å²) in [6.45, 7) is 2.43. The first-order valence-corrected chi connectivity index (χ1v) is 13.2. The molecule has 0 spiro atoms. The van der Waals surface area contributed by atoms with Crippen molar-refractivity contribution in [3.05, 3.63) is 93.8 Å². The standard InChI is InChI=1S/C29H25F3N2O4S/c1-2-13-33-16-23(28(37)38)34-26(36)25(35)22(15-18-9-5-8-17-7-3-4-12-21(17)18)24(27(34)39-33)19-10-6-11-20(14-19)29(30,31)32/h3-12,14,23,35H,2,13,15-16H2,1H3,(H,37,38). The predicted molar refractivity (Wildman–Crippen MR) is 144 cm³/mol. The average Bonchev–Trinajstić information content (AvgIpc) is 2.91. The lowest BCUT2D eigenvalue weighted by Crippen LogP contribution is -2.42. The minimum Gasteiger partial charge on any atom is -0.503 e. The third-order valence-corrected chi connectivity index (χ3v) is 7.99. The Morgan fingerprint density at radius 1 is 1.08 bits per heavy atom. The summed E-state index contributed by atoms with van der Waals surface area (Å²) in [5, 5.41) is 23.2. The van der Waals surface area contributed by atoms with Crippen LogP contribution in [0.15, 0.2) is 76.6 Å². The zero-order valence-corrected chi connectivity index (χ0v) is 21.7. The molecule has 0 bridgehead atoms. The van der Waals surface area contributed by atoms with Crippen LogP contribution in [0.5, 0.6) is 5.75 Å². The summed E-state index contributed by atoms with van der Waals surface area (Å²) >= 11 is 1.13. The van der Waals surface area contributed by atoms with Crippen LogP contribution in [0.3, 0.4) is 0 Å². The van der Waals surface area contributed by atoms with Crippen LogP contribution < -0.4 is 5.56 Å². The Labute approximate surface area is 226 Å². The summed E-state index contributed by atoms with van der Waals surface area (Å²) in [4.78, 5) is 25.8. The molecule has 0 amide bonds. The van der Waals surface area contributed by atoms with Gasteiger partial charge in [0.15, 0.2) is 5.75 Å². The van der Waals surface area contributed by atoms with E-state index in [0.717, 1.165) is 45.0 Å². The van der Waals surface area contributed by atoms with E-state index in [1.54, 1.807) is 4.31 Å². The number of carbonyl (C=O) groups is 1. The number of aromatic nitrogens is 1. The van der Waals surface area contributed by atoms with Gasteiger partial charge in [-0.1, -0.05) is 61.5 Å². The maximum atomic E-state index is 13.7. The Balaban J connectivity index is 1.83. The molecular formula is C29H25F3N2O4S. The molecule has 4 aromatic rings. The summed E-state index contributed by atoms with van der Waals surface area (Å²) in [7, 11) is 0. The van der Waals surface area contributed by atoms with Crippen LogP contribution in [0.2, 0.25) is 0 Å². The second-order valence-electron chi connectivity index (χ2n) is 9.41. The molecule has 0 fully saturated rings. The number of rotatable bonds is 6. The van der Waals surface area contributed by atoms with Crippen LogP contribution in [-0.2, 0) is 17.4 Å². The van der Waals surface area contributed by atoms with Crippen molar-refractivity contribution in [1.82, 2.24) is 8.87 Å². The number of hydrogen-bond acceptors (Lipinski definition) is 5. The molecule has 1 aliphatic rings. The van der Waals surface area contributed by atoms with E-state index in [9.17, 15) is 33.0 Å². The Hall–Kier alpha value is -3.76. The lowest BCUT2D eigenvalue weighted by Gasteiger charge is -2.35. The van der Waals surface area contributed by atoms with Crippen molar-refractivity contribution in [3.8, 4) is 16.9 Å². The third kappa shape index (κ3) is 5.02. The molecule has 2 heterocycles. The number of nitrogens with zero attached hydrogens (tertiary/aromatic N) is 2. The Morgan fingerprint density at radius 3 is 2.51 bits per heavy atom. The number of pyridine rings is 1. The van der Waals surface area contributed by atoms with Crippen molar-refractivity contribution in [2.24, 2.45) is 0 Å². The van der Waals surface area contributed by atoms with Gasteiger partial charge in [-0.2, -0.15) is 13.2 Å². The highest BCUT2D eigenvalue weighted by Gasteiger charge is 2.37. The number of halogens is 3. The molecule has 6 nitrogen and oxygen atoms in total. The van der Waals surface area contributed by atoms with E-state index in [0.29, 0.717) is 13.0 Å². The molecule has 5 rings (SSSR count). The topological polar surface area (TPSA) is 82.8 Å². The van der Waals surface area contributed by atoms with Gasteiger partial charge in [-0.05, 0) is 52.4 Å². The van der Waals surface area contributed by atoms with Gasteiger partial charge >= 0.3 is 12.1 Å². The SMILES string of the molecule is CCCN1CC(C(=O)O)n2c(c(-c3cccc(C(F)(F)F)c3)c(Cc3cccc4ccccc34)c(O)c2=O)S1. The van der Waals surface area contributed by atoms with Gasteiger partial charge < -0.3 is 10.2 Å². The maximum absolute atomic E-state index is 13.7. The van der Waals surface area contributed by atoms with E-state index < -0.39 is 35.1 Å². The van der Waals surface area contributed by atoms with Crippen LogP contribution in [-0.4, -0.2) is 38.1 Å². The highest BCUT2D eigenvalue weighted by Crippen LogP contribution is 2.44. The second kappa shape index (κ2) is 10.4. The number of aliphatic carboxylic acids is 1. The summed E-state index contributed by atoms with van der Waals surface area (Å²) in [5.74, 6) is -1.94. The molecule has 10 heteroatoms. The molecule has 1 aliphatic heterocycles. The predicted octanol–water partition coefficient (Wildman–Crippen LogP) is 6.34. The average molecular weight is 555 g/mol. The largest absolute Gasteiger partial charge is 0.503 e. The van der Waals surface area contributed by atoms with Gasteiger partial charge in [0.25, 0.3) is 5.56 Å². The molecular weight excluding hydrogens is 529 g/mol. The number of benzene rings is 3. The molecule has 1 unspecified atom stereocenters. The number of alkyl halides is 3. The smallest absolute Gasteiger partial charge is 0.416 e. The van der Waals surface area contributed by atoms with Gasteiger partial charge in [0.05, 0.1) is 5.56 Å². The summed E-state index contributed by atoms with van der Waals surface area (Å²) in [6, 6.07) is 16.5. The van der Waals surface area contributed by atoms with E-state index >= 15 is 0 Å². The van der Waals surface area contributed by atoms with Crippen molar-refractivity contribution in [2.45, 2.75) is 37.0 Å². The van der Waals surface area contributed by atoms with Crippen LogP contribution >= 0.6 is 11.9 Å². The molecule has 1 atom stereocenters. The van der Waals surface area contributed by atoms with Crippen molar-refractivity contribution >= 4 is 28.7 Å². The highest BCUT2D eigenvalue weighted by atomic mass is 32.2. The van der Waals surface area contributed by atoms with Gasteiger partial charge in [-0.3, -0.25) is 9.36 Å². The Morgan fingerprint density at radius 2 is 1.79 bits per heavy atom. The van der Waals surface area contributed by atoms with Gasteiger partial charge in [0, 0.05) is 30.6 Å². The fourth-order valence-electron chi connectivity index (χ4n) is 5.04. The van der Waals surface area contributed by atoms with Gasteiger partial charge in [-0.25, -0.2) is 9.10 Å². The molecule has 0 saturated carbocycles. The number of carboxylic acids is 1. The fraction of sp³-hybridized carbons (Fsp3) is 0.241. The van der Waals surface area contributed by atoms with Crippen molar-refractivity contribution < 1.29 is 28.2 Å². The number of fused-ring (bicyclic) bond motifs is 2. The number of aromatic hydroxyl groups is 1. The zero-order valence-electron chi connectivity index (χ0n) is 20.9. The lowest BCUT2D eigenvalue weighted by atomic mass is 9.92. The van der Waals surface area contributed by atoms with Crippen molar-refractivity contribution in [3.63, 3.8) is 0 Å².